The molecule has 0 saturated carbocycles. The van der Waals surface area contributed by atoms with E-state index < -0.39 is 6.10 Å². The number of allylic oxidation sites excluding steroid dienone is 10. The Bertz CT molecular complexity index is 1390. The predicted octanol–water partition coefficient (Wildman–Crippen LogP) is 23.5. The van der Waals surface area contributed by atoms with Gasteiger partial charge in [0.1, 0.15) is 13.2 Å². The van der Waals surface area contributed by atoms with Crippen LogP contribution >= 0.6 is 0 Å². The topological polar surface area (TPSA) is 78.9 Å². The van der Waals surface area contributed by atoms with Gasteiger partial charge >= 0.3 is 17.9 Å². The lowest BCUT2D eigenvalue weighted by molar-refractivity contribution is -0.167. The van der Waals surface area contributed by atoms with E-state index in [2.05, 4.69) is 81.5 Å². The molecule has 0 amide bonds. The van der Waals surface area contributed by atoms with E-state index in [0.717, 1.165) is 89.9 Å². The summed E-state index contributed by atoms with van der Waals surface area (Å²) in [6.45, 7) is 6.55. The number of hydrogen-bond donors (Lipinski definition) is 0. The van der Waals surface area contributed by atoms with E-state index in [4.69, 9.17) is 14.2 Å². The summed E-state index contributed by atoms with van der Waals surface area (Å²) >= 11 is 0. The molecule has 0 aliphatic rings. The van der Waals surface area contributed by atoms with E-state index in [0.29, 0.717) is 19.3 Å². The van der Waals surface area contributed by atoms with Crippen molar-refractivity contribution >= 4 is 17.9 Å². The van der Waals surface area contributed by atoms with Crippen LogP contribution in [0.3, 0.4) is 0 Å². The molecular weight excluding hydrogens is 961 g/mol. The summed E-state index contributed by atoms with van der Waals surface area (Å²) in [7, 11) is 0. The van der Waals surface area contributed by atoms with Crippen molar-refractivity contribution < 1.29 is 28.6 Å². The Balaban J connectivity index is 4.11. The molecule has 0 aliphatic carbocycles. The van der Waals surface area contributed by atoms with Crippen LogP contribution in [0.15, 0.2) is 60.8 Å². The molecule has 0 saturated heterocycles. The van der Waals surface area contributed by atoms with Crippen LogP contribution < -0.4 is 0 Å². The van der Waals surface area contributed by atoms with Crippen LogP contribution in [0.1, 0.15) is 361 Å². The van der Waals surface area contributed by atoms with Gasteiger partial charge in [-0.2, -0.15) is 0 Å². The van der Waals surface area contributed by atoms with Gasteiger partial charge in [0.05, 0.1) is 0 Å². The summed E-state index contributed by atoms with van der Waals surface area (Å²) in [6.07, 6.45) is 85.5. The van der Waals surface area contributed by atoms with E-state index >= 15 is 0 Å². The zero-order valence-corrected chi connectivity index (χ0v) is 52.2. The number of ether oxygens (including phenoxy) is 3. The van der Waals surface area contributed by atoms with Gasteiger partial charge in [-0.05, 0) is 64.2 Å². The quantitative estimate of drug-likeness (QED) is 0.0261. The van der Waals surface area contributed by atoms with Crippen LogP contribution in [0.5, 0.6) is 0 Å². The standard InChI is InChI=1S/C72H130O6/c1-4-7-10-13-16-19-21-23-25-27-29-31-33-35-36-38-39-41-43-45-47-49-51-53-56-59-62-65-71(74)77-68-69(67-76-70(73)64-61-58-55-18-15-12-9-6-3)78-72(75)66-63-60-57-54-52-50-48-46-44-42-40-37-34-32-30-28-26-24-22-20-17-14-11-8-5-2/h7,10,16,19,23,25,29,31,35-36,69H,4-6,8-9,11-15,17-18,20-22,24,26-28,30,32-34,37-68H2,1-3H3/b10-7-,19-16-,25-23-,31-29-,36-35-. The summed E-state index contributed by atoms with van der Waals surface area (Å²) < 4.78 is 16.9. The van der Waals surface area contributed by atoms with Gasteiger partial charge in [-0.15, -0.1) is 0 Å². The lowest BCUT2D eigenvalue weighted by Gasteiger charge is -2.18. The van der Waals surface area contributed by atoms with Crippen LogP contribution in [0.25, 0.3) is 0 Å². The number of carbonyl (C=O) groups excluding carboxylic acids is 3. The lowest BCUT2D eigenvalue weighted by Crippen LogP contribution is -2.30. The third-order valence-corrected chi connectivity index (χ3v) is 15.3. The summed E-state index contributed by atoms with van der Waals surface area (Å²) in [6, 6.07) is 0. The Morgan fingerprint density at radius 3 is 0.782 bits per heavy atom. The smallest absolute Gasteiger partial charge is 0.306 e. The number of esters is 3. The lowest BCUT2D eigenvalue weighted by atomic mass is 10.0. The van der Waals surface area contributed by atoms with Crippen LogP contribution in [-0.2, 0) is 28.6 Å². The van der Waals surface area contributed by atoms with Crippen molar-refractivity contribution in [1.82, 2.24) is 0 Å². The largest absolute Gasteiger partial charge is 0.462 e. The van der Waals surface area contributed by atoms with Crippen molar-refractivity contribution in [2.45, 2.75) is 367 Å². The minimum absolute atomic E-state index is 0.0700. The molecular formula is C72H130O6. The second kappa shape index (κ2) is 66.6. The molecule has 454 valence electrons. The summed E-state index contributed by atoms with van der Waals surface area (Å²) in [5.74, 6) is -0.856. The Hall–Kier alpha value is -2.89. The zero-order chi connectivity index (χ0) is 56.4. The first-order valence-electron chi connectivity index (χ1n) is 34.3. The van der Waals surface area contributed by atoms with Gasteiger partial charge < -0.3 is 14.2 Å². The number of hydrogen-bond acceptors (Lipinski definition) is 6. The average Bonchev–Trinajstić information content (AvgIpc) is 3.44. The third-order valence-electron chi connectivity index (χ3n) is 15.3. The summed E-state index contributed by atoms with van der Waals surface area (Å²) in [4.78, 5) is 38.2. The Kier molecular flexibility index (Phi) is 64.2. The fourth-order valence-corrected chi connectivity index (χ4v) is 10.2. The fourth-order valence-electron chi connectivity index (χ4n) is 10.2. The van der Waals surface area contributed by atoms with E-state index in [1.54, 1.807) is 0 Å². The highest BCUT2D eigenvalue weighted by Gasteiger charge is 2.19. The maximum atomic E-state index is 12.9. The molecule has 1 unspecified atom stereocenters. The van der Waals surface area contributed by atoms with Gasteiger partial charge in [-0.25, -0.2) is 0 Å². The molecule has 1 atom stereocenters. The van der Waals surface area contributed by atoms with E-state index in [-0.39, 0.29) is 31.1 Å². The molecule has 78 heavy (non-hydrogen) atoms. The average molecular weight is 1090 g/mol. The molecule has 0 aliphatic heterocycles. The van der Waals surface area contributed by atoms with Crippen molar-refractivity contribution in [3.63, 3.8) is 0 Å². The van der Waals surface area contributed by atoms with Crippen molar-refractivity contribution in [2.24, 2.45) is 0 Å². The summed E-state index contributed by atoms with van der Waals surface area (Å²) in [5.41, 5.74) is 0. The van der Waals surface area contributed by atoms with Crippen molar-refractivity contribution in [2.75, 3.05) is 13.2 Å². The van der Waals surface area contributed by atoms with Crippen molar-refractivity contribution in [3.05, 3.63) is 60.8 Å². The number of rotatable bonds is 63. The van der Waals surface area contributed by atoms with E-state index in [1.165, 1.54) is 231 Å². The first-order chi connectivity index (χ1) is 38.5. The molecule has 0 bridgehead atoms. The number of carbonyl (C=O) groups is 3. The number of unbranched alkanes of at least 4 members (excludes halogenated alkanes) is 42. The van der Waals surface area contributed by atoms with Crippen LogP contribution in [0.2, 0.25) is 0 Å². The first kappa shape index (κ1) is 75.1. The highest BCUT2D eigenvalue weighted by Crippen LogP contribution is 2.18. The fraction of sp³-hybridized carbons (Fsp3) is 0.819. The van der Waals surface area contributed by atoms with Gasteiger partial charge in [-0.1, -0.05) is 338 Å². The molecule has 0 aromatic heterocycles. The molecule has 0 aromatic carbocycles. The van der Waals surface area contributed by atoms with Gasteiger partial charge in [0.2, 0.25) is 0 Å². The molecule has 0 fully saturated rings. The molecule has 0 rings (SSSR count). The minimum Gasteiger partial charge on any atom is -0.462 e. The zero-order valence-electron chi connectivity index (χ0n) is 52.2. The van der Waals surface area contributed by atoms with Gasteiger partial charge in [-0.3, -0.25) is 14.4 Å². The first-order valence-corrected chi connectivity index (χ1v) is 34.3. The molecule has 0 spiro atoms. The predicted molar refractivity (Wildman–Crippen MR) is 339 cm³/mol. The van der Waals surface area contributed by atoms with Gasteiger partial charge in [0, 0.05) is 19.3 Å². The highest BCUT2D eigenvalue weighted by molar-refractivity contribution is 5.71. The Morgan fingerprint density at radius 1 is 0.269 bits per heavy atom. The second-order valence-corrected chi connectivity index (χ2v) is 23.1. The molecule has 0 N–H and O–H groups in total. The molecule has 0 aromatic rings. The molecule has 0 heterocycles. The van der Waals surface area contributed by atoms with Gasteiger partial charge in [0.15, 0.2) is 6.10 Å². The third kappa shape index (κ3) is 63.9. The van der Waals surface area contributed by atoms with Crippen LogP contribution in [0, 0.1) is 0 Å². The SMILES string of the molecule is CC/C=C\C/C=C\C/C=C\C/C=C\C/C=C\CCCCCCCCCCCCCC(=O)OCC(COC(=O)CCCCCCCCCC)OC(=O)CCCCCCCCCCCCCCCCCCCCCCCCCCC. The van der Waals surface area contributed by atoms with Gasteiger partial charge in [0.25, 0.3) is 0 Å². The molecule has 0 radical (unpaired) electrons. The van der Waals surface area contributed by atoms with Crippen LogP contribution in [0.4, 0.5) is 0 Å². The molecule has 6 nitrogen and oxygen atoms in total. The minimum atomic E-state index is -0.771. The second-order valence-electron chi connectivity index (χ2n) is 23.1. The van der Waals surface area contributed by atoms with Crippen LogP contribution in [-0.4, -0.2) is 37.2 Å². The maximum Gasteiger partial charge on any atom is 0.306 e. The Labute approximate surface area is 485 Å². The summed E-state index contributed by atoms with van der Waals surface area (Å²) in [5, 5.41) is 0. The van der Waals surface area contributed by atoms with E-state index in [1.807, 2.05) is 0 Å². The monoisotopic (exact) mass is 1090 g/mol. The van der Waals surface area contributed by atoms with E-state index in [9.17, 15) is 14.4 Å². The van der Waals surface area contributed by atoms with Crippen molar-refractivity contribution in [1.29, 1.82) is 0 Å². The molecule has 6 heteroatoms. The Morgan fingerprint density at radius 2 is 0.500 bits per heavy atom. The highest BCUT2D eigenvalue weighted by atomic mass is 16.6. The normalized spacial score (nSPS) is 12.4. The maximum absolute atomic E-state index is 12.9. The van der Waals surface area contributed by atoms with Crippen molar-refractivity contribution in [3.8, 4) is 0 Å².